The van der Waals surface area contributed by atoms with Crippen molar-refractivity contribution < 1.29 is 5.11 Å². The van der Waals surface area contributed by atoms with Gasteiger partial charge in [0.15, 0.2) is 0 Å². The van der Waals surface area contributed by atoms with Crippen LogP contribution in [0, 0.1) is 5.92 Å². The van der Waals surface area contributed by atoms with Gasteiger partial charge in [-0.3, -0.25) is 0 Å². The third kappa shape index (κ3) is 4.67. The number of hydrogen-bond donors (Lipinski definition) is 3. The predicted octanol–water partition coefficient (Wildman–Crippen LogP) is 2.26. The number of aliphatic hydroxyl groups excluding tert-OH is 1. The molecule has 0 aromatic carbocycles. The molecule has 106 valence electrons. The molecule has 1 aromatic heterocycles. The van der Waals surface area contributed by atoms with E-state index in [0.717, 1.165) is 56.8 Å². The third-order valence-electron chi connectivity index (χ3n) is 3.61. The molecule has 0 atom stereocenters. The maximum absolute atomic E-state index is 9.48. The lowest BCUT2D eigenvalue weighted by Crippen LogP contribution is -2.23. The molecular formula is C14H24N4O. The summed E-state index contributed by atoms with van der Waals surface area (Å²) in [6, 6.07) is 1.95. The molecule has 1 aromatic rings. The third-order valence-corrected chi connectivity index (χ3v) is 3.61. The van der Waals surface area contributed by atoms with Gasteiger partial charge in [-0.15, -0.1) is 0 Å². The molecule has 0 aliphatic heterocycles. The molecule has 0 bridgehead atoms. The van der Waals surface area contributed by atoms with Crippen molar-refractivity contribution in [3.05, 3.63) is 12.4 Å². The van der Waals surface area contributed by atoms with Crippen molar-refractivity contribution in [1.82, 2.24) is 9.97 Å². The second kappa shape index (κ2) is 7.28. The Kier molecular flexibility index (Phi) is 5.39. The molecule has 0 saturated heterocycles. The fraction of sp³-hybridized carbons (Fsp3) is 0.714. The fourth-order valence-corrected chi connectivity index (χ4v) is 2.40. The Balaban J connectivity index is 1.78. The maximum Gasteiger partial charge on any atom is 0.131 e. The van der Waals surface area contributed by atoms with Crippen molar-refractivity contribution in [3.63, 3.8) is 0 Å². The fourth-order valence-electron chi connectivity index (χ4n) is 2.40. The average Bonchev–Trinajstić information content (AvgIpc) is 2.45. The second-order valence-electron chi connectivity index (χ2n) is 5.27. The van der Waals surface area contributed by atoms with Crippen LogP contribution in [0.25, 0.3) is 0 Å². The van der Waals surface area contributed by atoms with Gasteiger partial charge in [-0.25, -0.2) is 9.97 Å². The first kappa shape index (κ1) is 14.1. The lowest BCUT2D eigenvalue weighted by atomic mass is 9.87. The van der Waals surface area contributed by atoms with Crippen molar-refractivity contribution in [2.75, 3.05) is 23.7 Å². The van der Waals surface area contributed by atoms with E-state index in [1.807, 2.05) is 6.07 Å². The molecule has 0 radical (unpaired) electrons. The van der Waals surface area contributed by atoms with Crippen LogP contribution in [-0.2, 0) is 0 Å². The van der Waals surface area contributed by atoms with Gasteiger partial charge in [-0.1, -0.05) is 6.92 Å². The minimum atomic E-state index is -0.0832. The van der Waals surface area contributed by atoms with Crippen LogP contribution in [0.3, 0.4) is 0 Å². The van der Waals surface area contributed by atoms with Crippen LogP contribution in [-0.4, -0.2) is 34.3 Å². The number of aromatic nitrogens is 2. The Bertz CT molecular complexity index is 377. The summed E-state index contributed by atoms with van der Waals surface area (Å²) in [5, 5.41) is 16.1. The molecule has 5 heteroatoms. The van der Waals surface area contributed by atoms with E-state index in [4.69, 9.17) is 0 Å². The van der Waals surface area contributed by atoms with Crippen molar-refractivity contribution >= 4 is 11.6 Å². The highest BCUT2D eigenvalue weighted by Gasteiger charge is 2.19. The summed E-state index contributed by atoms with van der Waals surface area (Å²) in [5.41, 5.74) is 0. The highest BCUT2D eigenvalue weighted by atomic mass is 16.3. The average molecular weight is 264 g/mol. The summed E-state index contributed by atoms with van der Waals surface area (Å²) in [5.74, 6) is 2.39. The van der Waals surface area contributed by atoms with Crippen LogP contribution in [0.2, 0.25) is 0 Å². The Labute approximate surface area is 114 Å². The summed E-state index contributed by atoms with van der Waals surface area (Å²) in [7, 11) is 0. The molecular weight excluding hydrogens is 240 g/mol. The van der Waals surface area contributed by atoms with Crippen molar-refractivity contribution in [1.29, 1.82) is 0 Å². The topological polar surface area (TPSA) is 70.1 Å². The molecule has 0 amide bonds. The van der Waals surface area contributed by atoms with Gasteiger partial charge in [0.25, 0.3) is 0 Å². The molecule has 2 rings (SSSR count). The van der Waals surface area contributed by atoms with Gasteiger partial charge in [0.1, 0.15) is 18.0 Å². The van der Waals surface area contributed by atoms with Gasteiger partial charge in [0.05, 0.1) is 6.10 Å². The molecule has 0 spiro atoms. The lowest BCUT2D eigenvalue weighted by molar-refractivity contribution is 0.111. The van der Waals surface area contributed by atoms with E-state index in [0.29, 0.717) is 5.92 Å². The highest BCUT2D eigenvalue weighted by molar-refractivity contribution is 5.46. The molecule has 1 heterocycles. The number of aliphatic hydroxyl groups is 1. The Morgan fingerprint density at radius 3 is 2.53 bits per heavy atom. The quantitative estimate of drug-likeness (QED) is 0.735. The van der Waals surface area contributed by atoms with Crippen LogP contribution in [0.4, 0.5) is 11.6 Å². The molecule has 1 saturated carbocycles. The lowest BCUT2D eigenvalue weighted by Gasteiger charge is -2.25. The van der Waals surface area contributed by atoms with E-state index >= 15 is 0 Å². The Hall–Kier alpha value is -1.36. The summed E-state index contributed by atoms with van der Waals surface area (Å²) < 4.78 is 0. The van der Waals surface area contributed by atoms with Crippen LogP contribution in [0.1, 0.15) is 39.0 Å². The van der Waals surface area contributed by atoms with Crippen molar-refractivity contribution in [2.45, 2.75) is 45.1 Å². The zero-order valence-corrected chi connectivity index (χ0v) is 11.6. The van der Waals surface area contributed by atoms with Gasteiger partial charge in [0.2, 0.25) is 0 Å². The van der Waals surface area contributed by atoms with Crippen LogP contribution >= 0.6 is 0 Å². The first-order valence-corrected chi connectivity index (χ1v) is 7.25. The highest BCUT2D eigenvalue weighted by Crippen LogP contribution is 2.24. The SMILES string of the molecule is CCCNc1cc(NCC2CCC(O)CC2)ncn1. The minimum Gasteiger partial charge on any atom is -0.393 e. The van der Waals surface area contributed by atoms with Gasteiger partial charge >= 0.3 is 0 Å². The van der Waals surface area contributed by atoms with Crippen molar-refractivity contribution in [3.8, 4) is 0 Å². The van der Waals surface area contributed by atoms with E-state index in [1.165, 1.54) is 0 Å². The Morgan fingerprint density at radius 2 is 1.84 bits per heavy atom. The smallest absolute Gasteiger partial charge is 0.131 e. The standard InChI is InChI=1S/C14H24N4O/c1-2-7-15-13-8-14(18-10-17-13)16-9-11-3-5-12(19)6-4-11/h8,10-12,19H,2-7,9H2,1H3,(H2,15,16,17,18). The van der Waals surface area contributed by atoms with Gasteiger partial charge in [-0.2, -0.15) is 0 Å². The second-order valence-corrected chi connectivity index (χ2v) is 5.27. The number of nitrogens with one attached hydrogen (secondary N) is 2. The molecule has 1 aliphatic rings. The number of anilines is 2. The minimum absolute atomic E-state index is 0.0832. The molecule has 3 N–H and O–H groups in total. The van der Waals surface area contributed by atoms with Gasteiger partial charge in [0, 0.05) is 19.2 Å². The zero-order valence-electron chi connectivity index (χ0n) is 11.6. The monoisotopic (exact) mass is 264 g/mol. The summed E-state index contributed by atoms with van der Waals surface area (Å²) in [6.07, 6.45) is 6.64. The molecule has 0 unspecified atom stereocenters. The van der Waals surface area contributed by atoms with E-state index in [2.05, 4.69) is 27.5 Å². The normalized spacial score (nSPS) is 23.1. The first-order valence-electron chi connectivity index (χ1n) is 7.25. The van der Waals surface area contributed by atoms with Crippen LogP contribution < -0.4 is 10.6 Å². The maximum atomic E-state index is 9.48. The zero-order chi connectivity index (χ0) is 13.5. The summed E-state index contributed by atoms with van der Waals surface area (Å²) >= 11 is 0. The summed E-state index contributed by atoms with van der Waals surface area (Å²) in [6.45, 7) is 3.98. The molecule has 5 nitrogen and oxygen atoms in total. The van der Waals surface area contributed by atoms with Gasteiger partial charge < -0.3 is 15.7 Å². The van der Waals surface area contributed by atoms with Crippen molar-refractivity contribution in [2.24, 2.45) is 5.92 Å². The number of rotatable bonds is 6. The first-order chi connectivity index (χ1) is 9.28. The molecule has 1 aliphatic carbocycles. The molecule has 1 fully saturated rings. The molecule has 19 heavy (non-hydrogen) atoms. The predicted molar refractivity (Wildman–Crippen MR) is 77.3 cm³/mol. The number of nitrogens with zero attached hydrogens (tertiary/aromatic N) is 2. The van der Waals surface area contributed by atoms with E-state index in [9.17, 15) is 5.11 Å². The Morgan fingerprint density at radius 1 is 1.16 bits per heavy atom. The van der Waals surface area contributed by atoms with Gasteiger partial charge in [-0.05, 0) is 38.0 Å². The van der Waals surface area contributed by atoms with Crippen LogP contribution in [0.15, 0.2) is 12.4 Å². The van der Waals surface area contributed by atoms with Crippen LogP contribution in [0.5, 0.6) is 0 Å². The largest absolute Gasteiger partial charge is 0.393 e. The van der Waals surface area contributed by atoms with E-state index in [1.54, 1.807) is 6.33 Å². The van der Waals surface area contributed by atoms with E-state index in [-0.39, 0.29) is 6.10 Å². The number of hydrogen-bond acceptors (Lipinski definition) is 5. The van der Waals surface area contributed by atoms with E-state index < -0.39 is 0 Å². The summed E-state index contributed by atoms with van der Waals surface area (Å²) in [4.78, 5) is 8.42.